The van der Waals surface area contributed by atoms with Gasteiger partial charge in [-0.05, 0) is 87.3 Å². The van der Waals surface area contributed by atoms with Crippen LogP contribution in [-0.4, -0.2) is 0 Å². The molecule has 8 aromatic carbocycles. The van der Waals surface area contributed by atoms with E-state index in [2.05, 4.69) is 211 Å². The van der Waals surface area contributed by atoms with E-state index in [4.69, 9.17) is 4.42 Å². The second kappa shape index (κ2) is 14.6. The third-order valence-corrected chi connectivity index (χ3v) is 11.1. The van der Waals surface area contributed by atoms with Crippen molar-refractivity contribution < 1.29 is 4.42 Å². The van der Waals surface area contributed by atoms with Crippen molar-refractivity contribution in [1.82, 2.24) is 0 Å². The van der Waals surface area contributed by atoms with Gasteiger partial charge in [-0.3, -0.25) is 0 Å². The monoisotopic (exact) mass is 717 g/mol. The van der Waals surface area contributed by atoms with Gasteiger partial charge in [-0.25, -0.2) is 0 Å². The summed E-state index contributed by atoms with van der Waals surface area (Å²) in [6.07, 6.45) is 7.96. The summed E-state index contributed by atoms with van der Waals surface area (Å²) in [6, 6.07) is 71.6. The number of nitrogens with zero attached hydrogens (tertiary/aromatic N) is 1. The number of rotatable bonds is 8. The van der Waals surface area contributed by atoms with Crippen LogP contribution in [-0.2, 0) is 0 Å². The van der Waals surface area contributed by atoms with E-state index in [0.717, 1.165) is 56.6 Å². The Morgan fingerprint density at radius 3 is 1.61 bits per heavy atom. The molecule has 0 N–H and O–H groups in total. The maximum Gasteiger partial charge on any atom is 0.143 e. The number of benzene rings is 8. The lowest BCUT2D eigenvalue weighted by atomic mass is 9.90. The molecular weight excluding hydrogens is 679 g/mol. The summed E-state index contributed by atoms with van der Waals surface area (Å²) >= 11 is 0. The van der Waals surface area contributed by atoms with Crippen LogP contribution >= 0.6 is 0 Å². The SMILES string of the molecule is C1=CC(c2ccc(-c3ccccc3)cc2)CC=C1N(c1ccc(-c2ccc(-c3ccccc3)cc2)cc1)c1cccc(-c2cccc3c2oc2ccccc23)c1. The van der Waals surface area contributed by atoms with E-state index in [1.807, 2.05) is 12.1 Å². The number of furan rings is 1. The van der Waals surface area contributed by atoms with Crippen molar-refractivity contribution in [2.75, 3.05) is 4.90 Å². The molecule has 1 atom stereocenters. The van der Waals surface area contributed by atoms with Crippen molar-refractivity contribution in [3.63, 3.8) is 0 Å². The third kappa shape index (κ3) is 6.42. The molecule has 1 aromatic heterocycles. The first-order valence-corrected chi connectivity index (χ1v) is 19.4. The van der Waals surface area contributed by atoms with Crippen LogP contribution in [0, 0.1) is 0 Å². The van der Waals surface area contributed by atoms with Gasteiger partial charge in [-0.15, -0.1) is 0 Å². The summed E-state index contributed by atoms with van der Waals surface area (Å²) < 4.78 is 6.48. The van der Waals surface area contributed by atoms with E-state index in [9.17, 15) is 0 Å². The lowest BCUT2D eigenvalue weighted by Gasteiger charge is -2.29. The Hall–Kier alpha value is -7.16. The van der Waals surface area contributed by atoms with Crippen LogP contribution in [0.25, 0.3) is 66.4 Å². The van der Waals surface area contributed by atoms with Crippen molar-refractivity contribution in [2.24, 2.45) is 0 Å². The summed E-state index contributed by atoms with van der Waals surface area (Å²) in [6.45, 7) is 0. The van der Waals surface area contributed by atoms with Crippen molar-refractivity contribution >= 4 is 33.3 Å². The highest BCUT2D eigenvalue weighted by atomic mass is 16.3. The van der Waals surface area contributed by atoms with Gasteiger partial charge >= 0.3 is 0 Å². The Morgan fingerprint density at radius 1 is 0.429 bits per heavy atom. The minimum atomic E-state index is 0.309. The summed E-state index contributed by atoms with van der Waals surface area (Å²) in [5, 5.41) is 2.27. The second-order valence-corrected chi connectivity index (χ2v) is 14.5. The van der Waals surface area contributed by atoms with E-state index in [-0.39, 0.29) is 0 Å². The number of anilines is 2. The van der Waals surface area contributed by atoms with Crippen LogP contribution in [0.3, 0.4) is 0 Å². The Morgan fingerprint density at radius 2 is 0.964 bits per heavy atom. The van der Waals surface area contributed by atoms with E-state index in [1.54, 1.807) is 0 Å². The van der Waals surface area contributed by atoms with Gasteiger partial charge < -0.3 is 9.32 Å². The quantitative estimate of drug-likeness (QED) is 0.156. The largest absolute Gasteiger partial charge is 0.455 e. The Kier molecular flexibility index (Phi) is 8.70. The van der Waals surface area contributed by atoms with Gasteiger partial charge in [-0.1, -0.05) is 182 Å². The molecule has 0 bridgehead atoms. The molecule has 0 fully saturated rings. The zero-order chi connectivity index (χ0) is 37.3. The molecule has 1 unspecified atom stereocenters. The number of fused-ring (bicyclic) bond motifs is 3. The standard InChI is InChI=1S/C54H39NO/c1-3-11-38(12-4-1)40-21-25-42(26-22-40)44-29-33-47(34-30-44)55(48-35-31-45(32-36-48)43-27-23-41(24-28-43)39-13-5-2-6-14-39)49-16-9-15-46(37-49)50-18-10-19-52-51-17-7-8-20-53(51)56-54(50)52/h1-31,33-37,45H,32H2. The van der Waals surface area contributed by atoms with Crippen LogP contribution in [0.5, 0.6) is 0 Å². The lowest BCUT2D eigenvalue weighted by Crippen LogP contribution is -2.17. The Labute approximate surface area is 327 Å². The van der Waals surface area contributed by atoms with Crippen molar-refractivity contribution in [1.29, 1.82) is 0 Å². The van der Waals surface area contributed by atoms with E-state index in [1.165, 1.54) is 38.9 Å². The molecule has 1 aliphatic rings. The number of hydrogen-bond acceptors (Lipinski definition) is 2. The molecule has 1 heterocycles. The second-order valence-electron chi connectivity index (χ2n) is 14.5. The fourth-order valence-electron chi connectivity index (χ4n) is 8.10. The fourth-order valence-corrected chi connectivity index (χ4v) is 8.10. The molecule has 2 nitrogen and oxygen atoms in total. The zero-order valence-corrected chi connectivity index (χ0v) is 30.9. The molecule has 9 aromatic rings. The molecule has 56 heavy (non-hydrogen) atoms. The Bertz CT molecular complexity index is 2850. The molecule has 0 amide bonds. The van der Waals surface area contributed by atoms with E-state index >= 15 is 0 Å². The van der Waals surface area contributed by atoms with E-state index in [0.29, 0.717) is 5.92 Å². The van der Waals surface area contributed by atoms with Crippen LogP contribution in [0.4, 0.5) is 11.4 Å². The molecule has 10 rings (SSSR count). The van der Waals surface area contributed by atoms with Gasteiger partial charge in [0.05, 0.1) is 0 Å². The normalized spacial score (nSPS) is 13.9. The average molecular weight is 718 g/mol. The topological polar surface area (TPSA) is 16.4 Å². The molecule has 0 radical (unpaired) electrons. The van der Waals surface area contributed by atoms with Gasteiger partial charge in [0, 0.05) is 39.3 Å². The number of allylic oxidation sites excluding steroid dienone is 3. The predicted octanol–water partition coefficient (Wildman–Crippen LogP) is 15.0. The number of para-hydroxylation sites is 2. The summed E-state index contributed by atoms with van der Waals surface area (Å²) in [7, 11) is 0. The van der Waals surface area contributed by atoms with Crippen LogP contribution in [0.15, 0.2) is 229 Å². The summed E-state index contributed by atoms with van der Waals surface area (Å²) in [4.78, 5) is 2.38. The molecule has 2 heteroatoms. The first-order chi connectivity index (χ1) is 27.7. The molecule has 0 saturated carbocycles. The maximum absolute atomic E-state index is 6.48. The van der Waals surface area contributed by atoms with Crippen LogP contribution < -0.4 is 4.90 Å². The molecule has 266 valence electrons. The minimum absolute atomic E-state index is 0.309. The van der Waals surface area contributed by atoms with Gasteiger partial charge in [0.15, 0.2) is 0 Å². The van der Waals surface area contributed by atoms with Gasteiger partial charge in [-0.2, -0.15) is 0 Å². The molecule has 0 spiro atoms. The zero-order valence-electron chi connectivity index (χ0n) is 30.9. The van der Waals surface area contributed by atoms with Gasteiger partial charge in [0.25, 0.3) is 0 Å². The highest BCUT2D eigenvalue weighted by molar-refractivity contribution is 6.09. The highest BCUT2D eigenvalue weighted by Crippen LogP contribution is 2.40. The minimum Gasteiger partial charge on any atom is -0.455 e. The Balaban J connectivity index is 0.994. The third-order valence-electron chi connectivity index (χ3n) is 11.1. The molecule has 0 saturated heterocycles. The smallest absolute Gasteiger partial charge is 0.143 e. The van der Waals surface area contributed by atoms with Crippen LogP contribution in [0.1, 0.15) is 17.9 Å². The van der Waals surface area contributed by atoms with Crippen LogP contribution in [0.2, 0.25) is 0 Å². The highest BCUT2D eigenvalue weighted by Gasteiger charge is 2.20. The van der Waals surface area contributed by atoms with Crippen molar-refractivity contribution in [3.8, 4) is 44.5 Å². The molecule has 0 aliphatic heterocycles. The first-order valence-electron chi connectivity index (χ1n) is 19.4. The van der Waals surface area contributed by atoms with Gasteiger partial charge in [0.1, 0.15) is 11.2 Å². The van der Waals surface area contributed by atoms with Crippen molar-refractivity contribution in [2.45, 2.75) is 12.3 Å². The number of hydrogen-bond donors (Lipinski definition) is 0. The van der Waals surface area contributed by atoms with Gasteiger partial charge in [0.2, 0.25) is 0 Å². The van der Waals surface area contributed by atoms with Crippen molar-refractivity contribution in [3.05, 3.63) is 230 Å². The fraction of sp³-hybridized carbons (Fsp3) is 0.0370. The summed E-state index contributed by atoms with van der Waals surface area (Å²) in [5.74, 6) is 0.309. The predicted molar refractivity (Wildman–Crippen MR) is 235 cm³/mol. The molecular formula is C54H39NO. The molecule has 1 aliphatic carbocycles. The maximum atomic E-state index is 6.48. The average Bonchev–Trinajstić information content (AvgIpc) is 3.67. The lowest BCUT2D eigenvalue weighted by molar-refractivity contribution is 0.670. The first kappa shape index (κ1) is 33.4. The summed E-state index contributed by atoms with van der Waals surface area (Å²) in [5.41, 5.74) is 16.0. The van der Waals surface area contributed by atoms with E-state index < -0.39 is 0 Å².